The number of oxime groups is 1. The first kappa shape index (κ1) is 54.9. The van der Waals surface area contributed by atoms with E-state index < -0.39 is 77.3 Å². The molecule has 66 heavy (non-hydrogen) atoms. The SMILES string of the molecule is CC[C@H]1OC(=O)[C@H](C)C(=O)[C@H](C)[C@@H](O[C@@H]2O[C@H](C)C[C@H](N(C)C)[C@H]2O)[C@@](C)(OC)C[C@@H](C)/C(=N\OCCNCCCOCCCNc2ccc(Oc3ccccc3)cc2)[C@H](C)[C@@H](O)[C@]1(C)O. The van der Waals surface area contributed by atoms with E-state index in [9.17, 15) is 24.9 Å². The summed E-state index contributed by atoms with van der Waals surface area (Å²) < 4.78 is 36.6. The normalized spacial score (nSPS) is 33.3. The van der Waals surface area contributed by atoms with Gasteiger partial charge in [0.15, 0.2) is 12.1 Å². The molecule has 2 fully saturated rings. The van der Waals surface area contributed by atoms with Gasteiger partial charge in [0.05, 0.1) is 29.6 Å². The Labute approximate surface area is 393 Å². The molecule has 0 amide bonds. The molecule has 0 bridgehead atoms. The fraction of sp³-hybridized carbons (Fsp3) is 0.700. The maximum Gasteiger partial charge on any atom is 0.316 e. The van der Waals surface area contributed by atoms with Crippen molar-refractivity contribution in [3.63, 3.8) is 0 Å². The largest absolute Gasteiger partial charge is 0.459 e. The van der Waals surface area contributed by atoms with E-state index in [1.165, 1.54) is 21.0 Å². The Kier molecular flexibility index (Phi) is 21.8. The molecule has 2 aromatic rings. The average Bonchev–Trinajstić information content (AvgIpc) is 3.29. The lowest BCUT2D eigenvalue weighted by molar-refractivity contribution is -0.295. The van der Waals surface area contributed by atoms with Gasteiger partial charge >= 0.3 is 5.97 Å². The van der Waals surface area contributed by atoms with Crippen LogP contribution in [0.25, 0.3) is 0 Å². The number of para-hydroxylation sites is 1. The number of nitrogens with one attached hydrogen (secondary N) is 2. The molecule has 0 unspecified atom stereocenters. The Morgan fingerprint density at radius 1 is 0.879 bits per heavy atom. The van der Waals surface area contributed by atoms with Crippen LogP contribution < -0.4 is 15.4 Å². The number of carbonyl (C=O) groups is 2. The lowest BCUT2D eigenvalue weighted by Crippen LogP contribution is -2.60. The fourth-order valence-corrected chi connectivity index (χ4v) is 9.05. The molecule has 2 aliphatic heterocycles. The quantitative estimate of drug-likeness (QED) is 0.0461. The van der Waals surface area contributed by atoms with Gasteiger partial charge in [-0.05, 0) is 117 Å². The van der Waals surface area contributed by atoms with Crippen LogP contribution in [0.4, 0.5) is 5.69 Å². The number of aliphatic hydroxyl groups excluding tert-OH is 2. The first-order valence-electron chi connectivity index (χ1n) is 23.7. The molecule has 13 atom stereocenters. The number of carbonyl (C=O) groups excluding carboxylic acids is 2. The van der Waals surface area contributed by atoms with Crippen LogP contribution in [0.15, 0.2) is 59.8 Å². The van der Waals surface area contributed by atoms with Gasteiger partial charge in [-0.3, -0.25) is 9.59 Å². The van der Waals surface area contributed by atoms with Gasteiger partial charge < -0.3 is 64.1 Å². The zero-order chi connectivity index (χ0) is 48.6. The van der Waals surface area contributed by atoms with Crippen LogP contribution in [0.2, 0.25) is 0 Å². The molecular weight excluding hydrogens is 849 g/mol. The number of hydrogen-bond acceptors (Lipinski definition) is 16. The van der Waals surface area contributed by atoms with Crippen LogP contribution in [0, 0.1) is 23.7 Å². The zero-order valence-electron chi connectivity index (χ0n) is 41.2. The van der Waals surface area contributed by atoms with E-state index in [-0.39, 0.29) is 31.6 Å². The number of methoxy groups -OCH3 is 1. The zero-order valence-corrected chi connectivity index (χ0v) is 41.2. The van der Waals surface area contributed by atoms with E-state index in [1.54, 1.807) is 20.8 Å². The molecule has 0 saturated carbocycles. The van der Waals surface area contributed by atoms with Gasteiger partial charge in [0.1, 0.15) is 41.8 Å². The highest BCUT2D eigenvalue weighted by Crippen LogP contribution is 2.39. The first-order valence-corrected chi connectivity index (χ1v) is 23.7. The average molecular weight is 929 g/mol. The predicted octanol–water partition coefficient (Wildman–Crippen LogP) is 5.82. The van der Waals surface area contributed by atoms with E-state index >= 15 is 0 Å². The summed E-state index contributed by atoms with van der Waals surface area (Å²) in [7, 11) is 5.28. The van der Waals surface area contributed by atoms with Crippen molar-refractivity contribution in [1.29, 1.82) is 0 Å². The number of nitrogens with zero attached hydrogens (tertiary/aromatic N) is 2. The van der Waals surface area contributed by atoms with Gasteiger partial charge in [-0.15, -0.1) is 0 Å². The van der Waals surface area contributed by atoms with Gasteiger partial charge in [-0.2, -0.15) is 0 Å². The first-order chi connectivity index (χ1) is 31.3. The highest BCUT2D eigenvalue weighted by atomic mass is 16.7. The lowest BCUT2D eigenvalue weighted by atomic mass is 9.74. The molecule has 0 spiro atoms. The number of benzene rings is 2. The van der Waals surface area contributed by atoms with E-state index in [4.69, 9.17) is 33.3 Å². The third kappa shape index (κ3) is 15.1. The van der Waals surface area contributed by atoms with Crippen LogP contribution in [-0.4, -0.2) is 152 Å². The third-order valence-corrected chi connectivity index (χ3v) is 13.2. The maximum atomic E-state index is 14.2. The number of likely N-dealkylation sites (N-methyl/N-ethyl adjacent to an activating group) is 1. The fourth-order valence-electron chi connectivity index (χ4n) is 9.05. The Morgan fingerprint density at radius 2 is 1.53 bits per heavy atom. The number of Topliss-reactive ketones (excluding diaryl/α,β-unsaturated/α-hetero) is 1. The van der Waals surface area contributed by atoms with Gasteiger partial charge in [0.25, 0.3) is 0 Å². The molecule has 16 nitrogen and oxygen atoms in total. The Morgan fingerprint density at radius 3 is 2.17 bits per heavy atom. The smallest absolute Gasteiger partial charge is 0.316 e. The molecule has 16 heteroatoms. The Bertz CT molecular complexity index is 1780. The summed E-state index contributed by atoms with van der Waals surface area (Å²) in [6, 6.07) is 17.3. The van der Waals surface area contributed by atoms with Gasteiger partial charge in [-0.25, -0.2) is 0 Å². The lowest BCUT2D eigenvalue weighted by Gasteiger charge is -2.47. The molecule has 5 N–H and O–H groups in total. The molecule has 372 valence electrons. The minimum atomic E-state index is -1.92. The summed E-state index contributed by atoms with van der Waals surface area (Å²) >= 11 is 0. The number of ketones is 1. The van der Waals surface area contributed by atoms with Crippen molar-refractivity contribution in [3.05, 3.63) is 54.6 Å². The minimum absolute atomic E-state index is 0.169. The number of cyclic esters (lactones) is 1. The second-order valence-corrected chi connectivity index (χ2v) is 18.7. The van der Waals surface area contributed by atoms with Gasteiger partial charge in [0.2, 0.25) is 0 Å². The summed E-state index contributed by atoms with van der Waals surface area (Å²) in [6.45, 7) is 17.1. The molecule has 2 saturated heterocycles. The minimum Gasteiger partial charge on any atom is -0.459 e. The van der Waals surface area contributed by atoms with Gasteiger partial charge in [-0.1, -0.05) is 51.0 Å². The maximum absolute atomic E-state index is 14.2. The van der Waals surface area contributed by atoms with Crippen molar-refractivity contribution in [3.8, 4) is 11.5 Å². The predicted molar refractivity (Wildman–Crippen MR) is 254 cm³/mol. The molecule has 4 rings (SSSR count). The highest BCUT2D eigenvalue weighted by molar-refractivity contribution is 6.00. The summed E-state index contributed by atoms with van der Waals surface area (Å²) in [6.07, 6.45) is -3.42. The van der Waals surface area contributed by atoms with Crippen LogP contribution in [-0.2, 0) is 38.1 Å². The number of hydrogen-bond donors (Lipinski definition) is 5. The summed E-state index contributed by atoms with van der Waals surface area (Å²) in [5, 5.41) is 46.5. The monoisotopic (exact) mass is 929 g/mol. The molecule has 0 aliphatic carbocycles. The third-order valence-electron chi connectivity index (χ3n) is 13.2. The van der Waals surface area contributed by atoms with Crippen molar-refractivity contribution < 1.29 is 58.2 Å². The standard InChI is InChI=1S/C50H80N4O12/c1-12-41-50(8,59)45(57)34(4)42(53-62-29-26-51-24-16-27-61-28-17-25-52-37-20-22-39(23-21-37)64-38-18-14-13-15-19-38)32(2)31-49(7,60-11)46(35(5)43(55)36(6)47(58)65-41)66-48-44(56)40(54(9)10)30-33(3)63-48/h13-15,18-23,32-36,40-41,44-46,48,51-52,56-57,59H,12,16-17,24-31H2,1-11H3/b53-42+/t32-,33-,34+,35+,36-,40+,41-,44-,45-,46-,48+,49+,50-/m1/s1. The number of ether oxygens (including phenoxy) is 6. The topological polar surface area (TPSA) is 199 Å². The van der Waals surface area contributed by atoms with Crippen LogP contribution >= 0.6 is 0 Å². The molecule has 2 aliphatic rings. The van der Waals surface area contributed by atoms with Crippen molar-refractivity contribution >= 4 is 23.2 Å². The molecule has 0 radical (unpaired) electrons. The molecule has 2 aromatic carbocycles. The van der Waals surface area contributed by atoms with Crippen LogP contribution in [0.5, 0.6) is 11.5 Å². The van der Waals surface area contributed by atoms with E-state index in [0.29, 0.717) is 38.4 Å². The molecule has 2 heterocycles. The molecule has 0 aromatic heterocycles. The van der Waals surface area contributed by atoms with E-state index in [1.807, 2.05) is 94.4 Å². The summed E-state index contributed by atoms with van der Waals surface area (Å²) in [4.78, 5) is 35.7. The van der Waals surface area contributed by atoms with Crippen molar-refractivity contribution in [2.45, 2.75) is 142 Å². The highest BCUT2D eigenvalue weighted by Gasteiger charge is 2.51. The van der Waals surface area contributed by atoms with Crippen molar-refractivity contribution in [1.82, 2.24) is 10.2 Å². The molecular formula is C50H80N4O12. The van der Waals surface area contributed by atoms with E-state index in [0.717, 1.165) is 36.6 Å². The summed E-state index contributed by atoms with van der Waals surface area (Å²) in [5.74, 6) is -3.16. The number of rotatable bonds is 20. The number of aliphatic hydroxyl groups is 3. The van der Waals surface area contributed by atoms with Crippen molar-refractivity contribution in [2.75, 3.05) is 66.0 Å². The van der Waals surface area contributed by atoms with E-state index in [2.05, 4.69) is 15.8 Å². The van der Waals surface area contributed by atoms with Crippen LogP contribution in [0.3, 0.4) is 0 Å². The van der Waals surface area contributed by atoms with Gasteiger partial charge in [0, 0.05) is 62.9 Å². The Hall–Kier alpha value is -3.71. The number of anilines is 1. The van der Waals surface area contributed by atoms with Crippen LogP contribution in [0.1, 0.15) is 87.5 Å². The Balaban J connectivity index is 1.37. The second-order valence-electron chi connectivity index (χ2n) is 18.7. The summed E-state index contributed by atoms with van der Waals surface area (Å²) in [5.41, 5.74) is -1.70. The van der Waals surface area contributed by atoms with Crippen molar-refractivity contribution in [2.24, 2.45) is 28.8 Å². The second kappa shape index (κ2) is 26.2. The number of esters is 1.